The summed E-state index contributed by atoms with van der Waals surface area (Å²) in [5.74, 6) is -0.934. The number of unbranched alkanes of at least 4 members (excludes halogenated alkanes) is 2. The van der Waals surface area contributed by atoms with E-state index in [0.717, 1.165) is 36.2 Å². The normalized spacial score (nSPS) is 11.8. The molecule has 3 aromatic rings. The zero-order valence-electron chi connectivity index (χ0n) is 18.1. The molecule has 0 atom stereocenters. The second-order valence-corrected chi connectivity index (χ2v) is 9.81. The average molecular weight is 459 g/mol. The van der Waals surface area contributed by atoms with E-state index < -0.39 is 15.9 Å². The van der Waals surface area contributed by atoms with Gasteiger partial charge in [0.15, 0.2) is 0 Å². The molecular formula is C23H27FN4O3S. The zero-order valence-corrected chi connectivity index (χ0v) is 19.0. The van der Waals surface area contributed by atoms with Crippen LogP contribution in [-0.2, 0) is 16.4 Å². The fourth-order valence-corrected chi connectivity index (χ4v) is 4.65. The molecule has 7 nitrogen and oxygen atoms in total. The first-order chi connectivity index (χ1) is 15.2. The Morgan fingerprint density at radius 2 is 1.81 bits per heavy atom. The molecule has 0 aliphatic rings. The average Bonchev–Trinajstić information content (AvgIpc) is 3.22. The maximum atomic E-state index is 13.1. The highest BCUT2D eigenvalue weighted by Crippen LogP contribution is 2.20. The summed E-state index contributed by atoms with van der Waals surface area (Å²) in [6.45, 7) is 2.08. The van der Waals surface area contributed by atoms with Crippen LogP contribution in [0.4, 0.5) is 4.39 Å². The van der Waals surface area contributed by atoms with Gasteiger partial charge in [0.25, 0.3) is 0 Å². The van der Waals surface area contributed by atoms with E-state index in [1.807, 2.05) is 6.07 Å². The Labute approximate surface area is 187 Å². The molecule has 1 amide bonds. The molecule has 0 saturated heterocycles. The van der Waals surface area contributed by atoms with Crippen LogP contribution in [0.5, 0.6) is 0 Å². The fraction of sp³-hybridized carbons (Fsp3) is 0.304. The molecule has 170 valence electrons. The summed E-state index contributed by atoms with van der Waals surface area (Å²) in [6, 6.07) is 12.5. The molecule has 3 N–H and O–H groups in total. The van der Waals surface area contributed by atoms with E-state index in [1.165, 1.54) is 35.6 Å². The SMILES string of the molecule is Cc1ccc(S(=O)(=O)N(C)CCCCCc2cc(-c3ccc(F)cc3)n[nH]2)cc1C(N)=O. The molecular weight excluding hydrogens is 431 g/mol. The predicted octanol–water partition coefficient (Wildman–Crippen LogP) is 3.66. The first-order valence-electron chi connectivity index (χ1n) is 10.4. The van der Waals surface area contributed by atoms with Crippen LogP contribution in [0.2, 0.25) is 0 Å². The van der Waals surface area contributed by atoms with Crippen molar-refractivity contribution >= 4 is 15.9 Å². The van der Waals surface area contributed by atoms with E-state index in [2.05, 4.69) is 10.2 Å². The Hall–Kier alpha value is -3.04. The summed E-state index contributed by atoms with van der Waals surface area (Å²) in [6.07, 6.45) is 3.19. The van der Waals surface area contributed by atoms with Gasteiger partial charge in [0.1, 0.15) is 5.82 Å². The Kier molecular flexibility index (Phi) is 7.42. The number of hydrogen-bond donors (Lipinski definition) is 2. The van der Waals surface area contributed by atoms with Crippen molar-refractivity contribution in [3.05, 3.63) is 71.2 Å². The van der Waals surface area contributed by atoms with Crippen molar-refractivity contribution in [2.24, 2.45) is 5.73 Å². The molecule has 32 heavy (non-hydrogen) atoms. The number of carbonyl (C=O) groups is 1. The van der Waals surface area contributed by atoms with Gasteiger partial charge in [-0.25, -0.2) is 17.1 Å². The zero-order chi connectivity index (χ0) is 23.3. The van der Waals surface area contributed by atoms with E-state index in [9.17, 15) is 17.6 Å². The minimum Gasteiger partial charge on any atom is -0.366 e. The second-order valence-electron chi connectivity index (χ2n) is 7.76. The Bertz CT molecular complexity index is 1190. The van der Waals surface area contributed by atoms with Gasteiger partial charge in [0.05, 0.1) is 10.6 Å². The fourth-order valence-electron chi connectivity index (χ4n) is 3.41. The largest absolute Gasteiger partial charge is 0.366 e. The molecule has 0 radical (unpaired) electrons. The summed E-state index contributed by atoms with van der Waals surface area (Å²) >= 11 is 0. The number of primary amides is 1. The minimum atomic E-state index is -3.70. The third-order valence-corrected chi connectivity index (χ3v) is 7.23. The van der Waals surface area contributed by atoms with Crippen molar-refractivity contribution < 1.29 is 17.6 Å². The number of hydrogen-bond acceptors (Lipinski definition) is 4. The first-order valence-corrected chi connectivity index (χ1v) is 11.8. The number of sulfonamides is 1. The molecule has 2 aromatic carbocycles. The smallest absolute Gasteiger partial charge is 0.249 e. The molecule has 0 saturated carbocycles. The number of rotatable bonds is 10. The minimum absolute atomic E-state index is 0.0604. The number of aromatic nitrogens is 2. The summed E-state index contributed by atoms with van der Waals surface area (Å²) in [7, 11) is -2.17. The van der Waals surface area contributed by atoms with Crippen molar-refractivity contribution in [3.8, 4) is 11.3 Å². The highest BCUT2D eigenvalue weighted by atomic mass is 32.2. The lowest BCUT2D eigenvalue weighted by atomic mass is 10.1. The molecule has 0 aliphatic heterocycles. The number of aromatic amines is 1. The number of aryl methyl sites for hydroxylation is 2. The lowest BCUT2D eigenvalue weighted by molar-refractivity contribution is 0.0999. The van der Waals surface area contributed by atoms with Crippen LogP contribution in [0.25, 0.3) is 11.3 Å². The Balaban J connectivity index is 1.49. The van der Waals surface area contributed by atoms with E-state index in [1.54, 1.807) is 25.1 Å². The standard InChI is InChI=1S/C23H27FN4O3S/c1-16-7-12-20(15-21(16)23(25)29)32(30,31)28(2)13-5-3-4-6-19-14-22(27-26-19)17-8-10-18(24)11-9-17/h7-12,14-15H,3-6,13H2,1-2H3,(H2,25,29)(H,26,27). The van der Waals surface area contributed by atoms with Crippen molar-refractivity contribution in [1.29, 1.82) is 0 Å². The molecule has 0 aliphatic carbocycles. The van der Waals surface area contributed by atoms with Crippen LogP contribution >= 0.6 is 0 Å². The number of carbonyl (C=O) groups excluding carboxylic acids is 1. The van der Waals surface area contributed by atoms with Crippen LogP contribution in [0.3, 0.4) is 0 Å². The van der Waals surface area contributed by atoms with Gasteiger partial charge >= 0.3 is 0 Å². The third kappa shape index (κ3) is 5.60. The Morgan fingerprint density at radius 1 is 1.09 bits per heavy atom. The van der Waals surface area contributed by atoms with Crippen LogP contribution in [0.15, 0.2) is 53.4 Å². The van der Waals surface area contributed by atoms with E-state index in [-0.39, 0.29) is 16.3 Å². The van der Waals surface area contributed by atoms with Crippen molar-refractivity contribution in [2.75, 3.05) is 13.6 Å². The number of H-pyrrole nitrogens is 1. The van der Waals surface area contributed by atoms with Gasteiger partial charge < -0.3 is 5.73 Å². The number of nitrogens with two attached hydrogens (primary N) is 1. The van der Waals surface area contributed by atoms with Crippen LogP contribution in [-0.4, -0.2) is 42.4 Å². The lowest BCUT2D eigenvalue weighted by Crippen LogP contribution is -2.28. The van der Waals surface area contributed by atoms with Crippen LogP contribution < -0.4 is 5.73 Å². The van der Waals surface area contributed by atoms with Gasteiger partial charge in [0, 0.05) is 30.4 Å². The maximum absolute atomic E-state index is 13.1. The highest BCUT2D eigenvalue weighted by Gasteiger charge is 2.22. The molecule has 1 heterocycles. The van der Waals surface area contributed by atoms with E-state index >= 15 is 0 Å². The monoisotopic (exact) mass is 458 g/mol. The van der Waals surface area contributed by atoms with Gasteiger partial charge in [-0.3, -0.25) is 9.89 Å². The van der Waals surface area contributed by atoms with Gasteiger partial charge in [-0.15, -0.1) is 0 Å². The summed E-state index contributed by atoms with van der Waals surface area (Å²) in [5, 5.41) is 7.26. The third-order valence-electron chi connectivity index (χ3n) is 5.37. The topological polar surface area (TPSA) is 109 Å². The summed E-state index contributed by atoms with van der Waals surface area (Å²) in [4.78, 5) is 11.6. The second kappa shape index (κ2) is 10.1. The van der Waals surface area contributed by atoms with Gasteiger partial charge in [-0.05, 0) is 74.2 Å². The Morgan fingerprint density at radius 3 is 2.50 bits per heavy atom. The summed E-state index contributed by atoms with van der Waals surface area (Å²) < 4.78 is 39.9. The van der Waals surface area contributed by atoms with Crippen LogP contribution in [0, 0.1) is 12.7 Å². The highest BCUT2D eigenvalue weighted by molar-refractivity contribution is 7.89. The van der Waals surface area contributed by atoms with Crippen molar-refractivity contribution in [2.45, 2.75) is 37.5 Å². The van der Waals surface area contributed by atoms with Gasteiger partial charge in [-0.1, -0.05) is 12.5 Å². The number of benzene rings is 2. The molecule has 3 rings (SSSR count). The molecule has 0 bridgehead atoms. The molecule has 0 fully saturated rings. The number of halogens is 1. The molecule has 1 aromatic heterocycles. The quantitative estimate of drug-likeness (QED) is 0.452. The number of nitrogens with zero attached hydrogens (tertiary/aromatic N) is 2. The van der Waals surface area contributed by atoms with Crippen molar-refractivity contribution in [1.82, 2.24) is 14.5 Å². The van der Waals surface area contributed by atoms with Crippen LogP contribution in [0.1, 0.15) is 40.9 Å². The van der Waals surface area contributed by atoms with E-state index in [0.29, 0.717) is 18.5 Å². The van der Waals surface area contributed by atoms with Gasteiger partial charge in [0.2, 0.25) is 15.9 Å². The predicted molar refractivity (Wildman–Crippen MR) is 121 cm³/mol. The maximum Gasteiger partial charge on any atom is 0.249 e. The molecule has 0 unspecified atom stereocenters. The summed E-state index contributed by atoms with van der Waals surface area (Å²) in [5.41, 5.74) is 8.77. The first kappa shape index (κ1) is 23.6. The molecule has 0 spiro atoms. The number of amides is 1. The molecule has 9 heteroatoms. The van der Waals surface area contributed by atoms with Crippen molar-refractivity contribution in [3.63, 3.8) is 0 Å². The number of nitrogens with one attached hydrogen (secondary N) is 1. The van der Waals surface area contributed by atoms with Gasteiger partial charge in [-0.2, -0.15) is 5.10 Å². The van der Waals surface area contributed by atoms with E-state index in [4.69, 9.17) is 5.73 Å². The lowest BCUT2D eigenvalue weighted by Gasteiger charge is -2.18.